The summed E-state index contributed by atoms with van der Waals surface area (Å²) in [6.45, 7) is 4.64. The average molecular weight is 359 g/mol. The summed E-state index contributed by atoms with van der Waals surface area (Å²) in [5, 5.41) is 7.43. The zero-order valence-corrected chi connectivity index (χ0v) is 16.0. The predicted octanol–water partition coefficient (Wildman–Crippen LogP) is 3.20. The molecule has 6 heteroatoms. The summed E-state index contributed by atoms with van der Waals surface area (Å²) < 4.78 is 6.35. The SMILES string of the molecule is COC(=O)c1cc(C(=O)NCC23CC4CC(CC(C4)C2)C3)n(C(C)C)n1. The molecule has 0 aromatic carbocycles. The van der Waals surface area contributed by atoms with Crippen molar-refractivity contribution in [1.29, 1.82) is 0 Å². The molecular formula is C20H29N3O3. The van der Waals surface area contributed by atoms with E-state index < -0.39 is 5.97 Å². The van der Waals surface area contributed by atoms with Gasteiger partial charge in [-0.15, -0.1) is 0 Å². The second kappa shape index (κ2) is 6.39. The van der Waals surface area contributed by atoms with Gasteiger partial charge in [-0.3, -0.25) is 9.48 Å². The molecule has 4 fully saturated rings. The highest BCUT2D eigenvalue weighted by Crippen LogP contribution is 2.59. The van der Waals surface area contributed by atoms with E-state index in [4.69, 9.17) is 4.74 Å². The van der Waals surface area contributed by atoms with Gasteiger partial charge in [0, 0.05) is 18.7 Å². The van der Waals surface area contributed by atoms with E-state index in [-0.39, 0.29) is 23.1 Å². The molecule has 5 rings (SSSR count). The smallest absolute Gasteiger partial charge is 0.358 e. The molecule has 142 valence electrons. The third-order valence-corrected chi connectivity index (χ3v) is 6.64. The van der Waals surface area contributed by atoms with E-state index in [0.29, 0.717) is 5.69 Å². The molecule has 4 bridgehead atoms. The molecule has 4 saturated carbocycles. The van der Waals surface area contributed by atoms with Gasteiger partial charge in [-0.1, -0.05) is 0 Å². The molecule has 1 N–H and O–H groups in total. The molecule has 0 saturated heterocycles. The lowest BCUT2D eigenvalue weighted by atomic mass is 9.49. The van der Waals surface area contributed by atoms with Crippen LogP contribution in [0.5, 0.6) is 0 Å². The maximum atomic E-state index is 12.9. The summed E-state index contributed by atoms with van der Waals surface area (Å²) >= 11 is 0. The van der Waals surface area contributed by atoms with Crippen LogP contribution in [-0.2, 0) is 4.74 Å². The highest BCUT2D eigenvalue weighted by molar-refractivity contribution is 5.96. The van der Waals surface area contributed by atoms with Crippen molar-refractivity contribution in [3.63, 3.8) is 0 Å². The number of ether oxygens (including phenoxy) is 1. The van der Waals surface area contributed by atoms with Crippen LogP contribution in [0.15, 0.2) is 6.07 Å². The normalized spacial score (nSPS) is 32.1. The maximum absolute atomic E-state index is 12.9. The molecule has 4 aliphatic rings. The summed E-state index contributed by atoms with van der Waals surface area (Å²) in [7, 11) is 1.32. The van der Waals surface area contributed by atoms with Crippen molar-refractivity contribution in [3.05, 3.63) is 17.5 Å². The largest absolute Gasteiger partial charge is 0.464 e. The van der Waals surface area contributed by atoms with Crippen molar-refractivity contribution < 1.29 is 14.3 Å². The first-order chi connectivity index (χ1) is 12.4. The first-order valence-corrected chi connectivity index (χ1v) is 9.85. The van der Waals surface area contributed by atoms with Gasteiger partial charge < -0.3 is 10.1 Å². The van der Waals surface area contributed by atoms with Gasteiger partial charge in [0.25, 0.3) is 5.91 Å². The number of rotatable bonds is 5. The molecular weight excluding hydrogens is 330 g/mol. The molecule has 0 atom stereocenters. The Morgan fingerprint density at radius 3 is 2.31 bits per heavy atom. The Morgan fingerprint density at radius 1 is 1.23 bits per heavy atom. The summed E-state index contributed by atoms with van der Waals surface area (Å²) in [6, 6.07) is 1.54. The number of methoxy groups -OCH3 is 1. The fraction of sp³-hybridized carbons (Fsp3) is 0.750. The number of amides is 1. The first-order valence-electron chi connectivity index (χ1n) is 9.85. The molecule has 26 heavy (non-hydrogen) atoms. The van der Waals surface area contributed by atoms with Gasteiger partial charge in [0.05, 0.1) is 7.11 Å². The minimum atomic E-state index is -0.514. The second-order valence-corrected chi connectivity index (χ2v) is 9.04. The molecule has 1 aromatic heterocycles. The van der Waals surface area contributed by atoms with Crippen LogP contribution in [0.3, 0.4) is 0 Å². The van der Waals surface area contributed by atoms with Crippen LogP contribution in [0.2, 0.25) is 0 Å². The van der Waals surface area contributed by atoms with Gasteiger partial charge >= 0.3 is 5.97 Å². The molecule has 0 spiro atoms. The molecule has 0 radical (unpaired) electrons. The Bertz CT molecular complexity index is 687. The Balaban J connectivity index is 1.48. The Kier molecular flexibility index (Phi) is 4.32. The second-order valence-electron chi connectivity index (χ2n) is 9.04. The third-order valence-electron chi connectivity index (χ3n) is 6.64. The molecule has 6 nitrogen and oxygen atoms in total. The molecule has 1 heterocycles. The van der Waals surface area contributed by atoms with E-state index in [1.807, 2.05) is 13.8 Å². The van der Waals surface area contributed by atoms with Crippen molar-refractivity contribution in [1.82, 2.24) is 15.1 Å². The zero-order valence-electron chi connectivity index (χ0n) is 16.0. The summed E-state index contributed by atoms with van der Waals surface area (Å²) in [5.74, 6) is 1.94. The molecule has 0 unspecified atom stereocenters. The van der Waals surface area contributed by atoms with E-state index in [9.17, 15) is 9.59 Å². The minimum absolute atomic E-state index is 0.00583. The lowest BCUT2D eigenvalue weighted by Crippen LogP contribution is -2.51. The highest BCUT2D eigenvalue weighted by atomic mass is 16.5. The Morgan fingerprint density at radius 2 is 1.81 bits per heavy atom. The summed E-state index contributed by atoms with van der Waals surface area (Å²) in [4.78, 5) is 24.6. The third kappa shape index (κ3) is 3.03. The number of hydrogen-bond donors (Lipinski definition) is 1. The van der Waals surface area contributed by atoms with E-state index in [1.165, 1.54) is 45.6 Å². The quantitative estimate of drug-likeness (QED) is 0.820. The van der Waals surface area contributed by atoms with E-state index >= 15 is 0 Å². The molecule has 1 amide bonds. The topological polar surface area (TPSA) is 73.2 Å². The van der Waals surface area contributed by atoms with E-state index in [1.54, 1.807) is 10.7 Å². The van der Waals surface area contributed by atoms with Gasteiger partial charge in [0.1, 0.15) is 5.69 Å². The van der Waals surface area contributed by atoms with Crippen molar-refractivity contribution >= 4 is 11.9 Å². The highest BCUT2D eigenvalue weighted by Gasteiger charge is 2.50. The molecule has 1 aromatic rings. The lowest BCUT2D eigenvalue weighted by Gasteiger charge is -2.56. The van der Waals surface area contributed by atoms with Crippen molar-refractivity contribution in [2.24, 2.45) is 23.2 Å². The van der Waals surface area contributed by atoms with Gasteiger partial charge in [0.2, 0.25) is 0 Å². The van der Waals surface area contributed by atoms with Crippen LogP contribution in [-0.4, -0.2) is 35.3 Å². The maximum Gasteiger partial charge on any atom is 0.358 e. The van der Waals surface area contributed by atoms with Crippen LogP contribution in [0.25, 0.3) is 0 Å². The number of carbonyl (C=O) groups is 2. The zero-order chi connectivity index (χ0) is 18.5. The average Bonchev–Trinajstić information content (AvgIpc) is 3.03. The number of nitrogens with one attached hydrogen (secondary N) is 1. The Labute approximate surface area is 154 Å². The number of aromatic nitrogens is 2. The monoisotopic (exact) mass is 359 g/mol. The number of nitrogens with zero attached hydrogens (tertiary/aromatic N) is 2. The number of esters is 1. The molecule has 4 aliphatic carbocycles. The van der Waals surface area contributed by atoms with Crippen LogP contribution in [0, 0.1) is 23.2 Å². The Hall–Kier alpha value is -1.85. The van der Waals surface area contributed by atoms with Crippen molar-refractivity contribution in [2.75, 3.05) is 13.7 Å². The number of hydrogen-bond acceptors (Lipinski definition) is 4. The fourth-order valence-electron chi connectivity index (χ4n) is 6.03. The van der Waals surface area contributed by atoms with Gasteiger partial charge in [-0.25, -0.2) is 4.79 Å². The minimum Gasteiger partial charge on any atom is -0.464 e. The van der Waals surface area contributed by atoms with E-state index in [0.717, 1.165) is 24.3 Å². The van der Waals surface area contributed by atoms with Gasteiger partial charge in [-0.2, -0.15) is 5.10 Å². The summed E-state index contributed by atoms with van der Waals surface area (Å²) in [6.07, 6.45) is 7.98. The fourth-order valence-corrected chi connectivity index (χ4v) is 6.03. The van der Waals surface area contributed by atoms with Gasteiger partial charge in [-0.05, 0) is 75.5 Å². The van der Waals surface area contributed by atoms with Crippen LogP contribution in [0.1, 0.15) is 79.4 Å². The van der Waals surface area contributed by atoms with E-state index in [2.05, 4.69) is 10.4 Å². The van der Waals surface area contributed by atoms with Gasteiger partial charge in [0.15, 0.2) is 5.69 Å². The van der Waals surface area contributed by atoms with Crippen LogP contribution < -0.4 is 5.32 Å². The van der Waals surface area contributed by atoms with Crippen LogP contribution in [0.4, 0.5) is 0 Å². The van der Waals surface area contributed by atoms with Crippen molar-refractivity contribution in [2.45, 2.75) is 58.4 Å². The lowest BCUT2D eigenvalue weighted by molar-refractivity contribution is -0.0503. The molecule has 0 aliphatic heterocycles. The van der Waals surface area contributed by atoms with Crippen LogP contribution >= 0.6 is 0 Å². The standard InChI is InChI=1S/C20H29N3O3/c1-12(2)23-17(7-16(22-23)19(25)26-3)18(24)21-11-20-8-13-4-14(9-20)6-15(5-13)10-20/h7,12-15H,4-6,8-11H2,1-3H3,(H,21,24). The first kappa shape index (κ1) is 17.6. The predicted molar refractivity (Wildman–Crippen MR) is 96.9 cm³/mol. The summed E-state index contributed by atoms with van der Waals surface area (Å²) in [5.41, 5.74) is 0.907. The van der Waals surface area contributed by atoms with Crippen molar-refractivity contribution in [3.8, 4) is 0 Å². The number of carbonyl (C=O) groups excluding carboxylic acids is 2.